The summed E-state index contributed by atoms with van der Waals surface area (Å²) in [6.45, 7) is 35.0. The van der Waals surface area contributed by atoms with Crippen molar-refractivity contribution in [3.63, 3.8) is 0 Å². The Morgan fingerprint density at radius 1 is 0.217 bits per heavy atom. The molecule has 0 unspecified atom stereocenters. The van der Waals surface area contributed by atoms with Gasteiger partial charge >= 0.3 is 0 Å². The minimum atomic E-state index is -0.354. The van der Waals surface area contributed by atoms with Crippen molar-refractivity contribution in [2.45, 2.75) is 131 Å². The van der Waals surface area contributed by atoms with Gasteiger partial charge in [0, 0.05) is 83.4 Å². The fourth-order valence-corrected chi connectivity index (χ4v) is 18.6. The van der Waals surface area contributed by atoms with E-state index in [9.17, 15) is 0 Å². The zero-order valence-electron chi connectivity index (χ0n) is 69.0. The van der Waals surface area contributed by atoms with E-state index >= 15 is 0 Å². The van der Waals surface area contributed by atoms with Crippen LogP contribution in [0, 0.1) is 0 Å². The molecule has 0 atom stereocenters. The van der Waals surface area contributed by atoms with Gasteiger partial charge in [0.2, 0.25) is 0 Å². The molecular weight excluding hydrogens is 1390 g/mol. The molecule has 0 saturated carbocycles. The average molecular weight is 1490 g/mol. The summed E-state index contributed by atoms with van der Waals surface area (Å²) in [5.74, 6) is 0. The molecule has 4 heterocycles. The maximum absolute atomic E-state index is 2.77. The van der Waals surface area contributed by atoms with Crippen molar-refractivity contribution in [1.29, 1.82) is 0 Å². The van der Waals surface area contributed by atoms with Crippen LogP contribution in [0.15, 0.2) is 328 Å². The van der Waals surface area contributed by atoms with Crippen LogP contribution in [0.4, 0.5) is 34.1 Å². The molecule has 562 valence electrons. The predicted octanol–water partition coefficient (Wildman–Crippen LogP) is 28.5. The number of para-hydroxylation sites is 4. The van der Waals surface area contributed by atoms with Crippen LogP contribution >= 0.6 is 0 Å². The second-order valence-electron chi connectivity index (χ2n) is 37.3. The Labute approximate surface area is 679 Å². The van der Waals surface area contributed by atoms with Crippen LogP contribution in [-0.4, -0.2) is 15.8 Å². The molecule has 0 bridgehead atoms. The van der Waals surface area contributed by atoms with Gasteiger partial charge in [0.15, 0.2) is 0 Å². The molecule has 2 aromatic heterocycles. The van der Waals surface area contributed by atoms with Gasteiger partial charge in [-0.3, -0.25) is 0 Å². The molecule has 5 heteroatoms. The highest BCUT2D eigenvalue weighted by Gasteiger charge is 2.48. The van der Waals surface area contributed by atoms with Gasteiger partial charge in [-0.2, -0.15) is 0 Å². The van der Waals surface area contributed by atoms with Gasteiger partial charge in [0.25, 0.3) is 6.71 Å². The van der Waals surface area contributed by atoms with Crippen LogP contribution in [0.3, 0.4) is 0 Å². The largest absolute Gasteiger partial charge is 0.310 e. The Balaban J connectivity index is 1.03. The molecule has 0 amide bonds. The molecule has 0 aliphatic carbocycles. The molecule has 4 nitrogen and oxygen atoms in total. The van der Waals surface area contributed by atoms with E-state index in [4.69, 9.17) is 0 Å². The zero-order valence-corrected chi connectivity index (χ0v) is 69.0. The standard InChI is InChI=1S/C110H99BN4/c1-106(2,3)76-55-51-74(52-56-76)82-46-34-47-83(75-53-57-77(58-54-75)107(4,5)6)103(82)113-94-50-33-30-45-86(94)100-95(113)61-62-96-102(100)111-91-60-59-81(112-92-48-31-28-43-84(92)85-44-29-32-49-93(85)112)69-97(91)115(105-89(72-39-24-18-25-40-72)65-79(109(10,11)12)66-90(105)73-41-26-19-27-42-73)99-68-80(110(13,14)15)67-98(101(99)111)114(96)104-87(70-35-20-16-21-36-70)63-78(108(7,8)9)64-88(104)71-37-22-17-23-38-71/h16-69H,1-15H3. The summed E-state index contributed by atoms with van der Waals surface area (Å²) in [6, 6.07) is 126. The average Bonchev–Trinajstić information content (AvgIpc) is 1.66. The summed E-state index contributed by atoms with van der Waals surface area (Å²) in [6.07, 6.45) is 0. The van der Waals surface area contributed by atoms with Crippen LogP contribution < -0.4 is 26.2 Å². The molecule has 0 saturated heterocycles. The van der Waals surface area contributed by atoms with Gasteiger partial charge in [0.1, 0.15) is 0 Å². The monoisotopic (exact) mass is 1490 g/mol. The van der Waals surface area contributed by atoms with Crippen LogP contribution in [0.2, 0.25) is 0 Å². The first-order valence-corrected chi connectivity index (χ1v) is 41.2. The second-order valence-corrected chi connectivity index (χ2v) is 37.3. The first-order valence-electron chi connectivity index (χ1n) is 41.2. The van der Waals surface area contributed by atoms with Crippen molar-refractivity contribution in [2.75, 3.05) is 9.80 Å². The van der Waals surface area contributed by atoms with Crippen molar-refractivity contribution < 1.29 is 0 Å². The number of rotatable bonds is 10. The van der Waals surface area contributed by atoms with Crippen molar-refractivity contribution in [3.05, 3.63) is 355 Å². The van der Waals surface area contributed by atoms with E-state index < -0.39 is 0 Å². The Bertz CT molecular complexity index is 6430. The van der Waals surface area contributed by atoms with Gasteiger partial charge in [-0.15, -0.1) is 0 Å². The molecule has 17 aromatic rings. The van der Waals surface area contributed by atoms with Crippen molar-refractivity contribution in [2.24, 2.45) is 0 Å². The van der Waals surface area contributed by atoms with E-state index in [1.165, 1.54) is 99.1 Å². The highest BCUT2D eigenvalue weighted by Crippen LogP contribution is 2.57. The Morgan fingerprint density at radius 2 is 0.565 bits per heavy atom. The Morgan fingerprint density at radius 3 is 0.965 bits per heavy atom. The van der Waals surface area contributed by atoms with E-state index in [0.717, 1.165) is 101 Å². The van der Waals surface area contributed by atoms with E-state index in [0.29, 0.717) is 0 Å². The minimum absolute atomic E-state index is 0.0322. The topological polar surface area (TPSA) is 16.3 Å². The lowest BCUT2D eigenvalue weighted by Gasteiger charge is -2.47. The number of benzene rings is 15. The quantitative estimate of drug-likeness (QED) is 0.127. The SMILES string of the molecule is CC(C)(C)c1ccc(-c2cccc(-c3ccc(C(C)(C)C)cc3)c2-n2c3ccccc3c3c4c(ccc32)N(c2c(-c3ccccc3)cc(C(C)(C)C)cc2-c2ccccc2)c2cc(C(C)(C)C)cc3c2B4c2ccc(-n4c5ccccc5c5ccccc54)cc2N3c2c(-c3ccccc3)cc(C(C)(C)C)cc2-c2ccccc2)cc1. The first-order chi connectivity index (χ1) is 55.3. The second kappa shape index (κ2) is 27.1. The van der Waals surface area contributed by atoms with Crippen LogP contribution in [0.5, 0.6) is 0 Å². The Hall–Kier alpha value is -12.4. The number of fused-ring (bicyclic) bond motifs is 11. The molecule has 0 fully saturated rings. The van der Waals surface area contributed by atoms with E-state index in [1.807, 2.05) is 0 Å². The number of hydrogen-bond acceptors (Lipinski definition) is 2. The summed E-state index contributed by atoms with van der Waals surface area (Å²) in [5, 5.41) is 4.85. The molecular formula is C110H99BN4. The minimum Gasteiger partial charge on any atom is -0.310 e. The number of hydrogen-bond donors (Lipinski definition) is 0. The van der Waals surface area contributed by atoms with Crippen molar-refractivity contribution in [1.82, 2.24) is 9.13 Å². The summed E-state index contributed by atoms with van der Waals surface area (Å²) < 4.78 is 5.19. The number of anilines is 6. The predicted molar refractivity (Wildman–Crippen MR) is 495 cm³/mol. The molecule has 0 spiro atoms. The van der Waals surface area contributed by atoms with Crippen molar-refractivity contribution >= 4 is 101 Å². The maximum atomic E-state index is 2.77. The van der Waals surface area contributed by atoms with E-state index in [1.54, 1.807) is 0 Å². The lowest BCUT2D eigenvalue weighted by Crippen LogP contribution is -2.61. The normalized spacial score (nSPS) is 13.1. The fraction of sp³-hybridized carbons (Fsp3) is 0.182. The molecule has 2 aliphatic rings. The summed E-state index contributed by atoms with van der Waals surface area (Å²) in [7, 11) is 0. The highest BCUT2D eigenvalue weighted by molar-refractivity contribution is 7.02. The molecule has 19 rings (SSSR count). The molecule has 2 aliphatic heterocycles. The third kappa shape index (κ3) is 12.3. The van der Waals surface area contributed by atoms with Gasteiger partial charge in [-0.25, -0.2) is 0 Å². The fourth-order valence-electron chi connectivity index (χ4n) is 18.6. The van der Waals surface area contributed by atoms with Gasteiger partial charge in [-0.1, -0.05) is 353 Å². The molecule has 0 radical (unpaired) electrons. The number of nitrogens with zero attached hydrogens (tertiary/aromatic N) is 4. The van der Waals surface area contributed by atoms with E-state index in [2.05, 4.69) is 450 Å². The molecule has 15 aromatic carbocycles. The van der Waals surface area contributed by atoms with Gasteiger partial charge in [0.05, 0.1) is 39.1 Å². The van der Waals surface area contributed by atoms with Crippen LogP contribution in [0.1, 0.15) is 132 Å². The lowest BCUT2D eigenvalue weighted by molar-refractivity contribution is 0.590. The van der Waals surface area contributed by atoms with Crippen LogP contribution in [0.25, 0.3) is 122 Å². The summed E-state index contributed by atoms with van der Waals surface area (Å²) >= 11 is 0. The highest BCUT2D eigenvalue weighted by atomic mass is 15.2. The first kappa shape index (κ1) is 72.8. The maximum Gasteiger partial charge on any atom is 0.253 e. The van der Waals surface area contributed by atoms with E-state index in [-0.39, 0.29) is 33.8 Å². The smallest absolute Gasteiger partial charge is 0.253 e. The summed E-state index contributed by atoms with van der Waals surface area (Å²) in [4.78, 5) is 5.53. The van der Waals surface area contributed by atoms with Gasteiger partial charge in [-0.05, 0) is 184 Å². The van der Waals surface area contributed by atoms with Crippen molar-refractivity contribution in [3.8, 4) is 78.1 Å². The van der Waals surface area contributed by atoms with Gasteiger partial charge < -0.3 is 18.9 Å². The third-order valence-corrected chi connectivity index (χ3v) is 24.7. The zero-order chi connectivity index (χ0) is 79.4. The number of aromatic nitrogens is 2. The molecule has 0 N–H and O–H groups in total. The van der Waals surface area contributed by atoms with Crippen LogP contribution in [-0.2, 0) is 27.1 Å². The third-order valence-electron chi connectivity index (χ3n) is 24.7. The lowest BCUT2D eigenvalue weighted by atomic mass is 9.32. The molecule has 115 heavy (non-hydrogen) atoms. The Kier molecular flexibility index (Phi) is 17.2. The summed E-state index contributed by atoms with van der Waals surface area (Å²) in [5.41, 5.74) is 36.9.